The van der Waals surface area contributed by atoms with Gasteiger partial charge in [-0.2, -0.15) is 0 Å². The molecule has 57 heavy (non-hydrogen) atoms. The minimum Gasteiger partial charge on any atom is -0.294 e. The van der Waals surface area contributed by atoms with Crippen LogP contribution in [0.5, 0.6) is 0 Å². The molecule has 260 valence electrons. The lowest BCUT2D eigenvalue weighted by Gasteiger charge is -2.32. The fourth-order valence-electron chi connectivity index (χ4n) is 12.2. The smallest absolute Gasteiger partial charge is 0.258 e. The van der Waals surface area contributed by atoms with Crippen LogP contribution in [0.15, 0.2) is 150 Å². The zero-order chi connectivity index (χ0) is 36.6. The number of hydrogen-bond donors (Lipinski definition) is 0. The number of fused-ring (bicyclic) bond motifs is 21. The van der Waals surface area contributed by atoms with Gasteiger partial charge in [-0.05, 0) is 79.6 Å². The first-order valence-electron chi connectivity index (χ1n) is 19.9. The minimum atomic E-state index is 0.0550. The SMILES string of the molecule is CSc1cc2c3c(c1)-n1c4c5ccccc5c5ccccc5c4n4c5cccc6c5c(c14)B3c1c3c-6cccc3n3c4c5ccccc5c5ccccc5c4n-2c13. The molecule has 0 saturated carbocycles. The lowest BCUT2D eigenvalue weighted by atomic mass is 9.34. The van der Waals surface area contributed by atoms with E-state index in [0.717, 1.165) is 0 Å². The molecule has 0 aliphatic carbocycles. The number of aromatic nitrogens is 4. The number of thioether (sulfide) groups is 1. The van der Waals surface area contributed by atoms with Crippen molar-refractivity contribution in [3.8, 4) is 22.5 Å². The Hall–Kier alpha value is -6.89. The summed E-state index contributed by atoms with van der Waals surface area (Å²) in [6.07, 6.45) is 2.23. The molecule has 3 aliphatic rings. The van der Waals surface area contributed by atoms with Crippen LogP contribution in [-0.4, -0.2) is 30.9 Å². The largest absolute Gasteiger partial charge is 0.294 e. The van der Waals surface area contributed by atoms with Crippen molar-refractivity contribution < 1.29 is 0 Å². The summed E-state index contributed by atoms with van der Waals surface area (Å²) in [4.78, 5) is 1.27. The zero-order valence-corrected chi connectivity index (χ0v) is 31.4. The number of hydrogen-bond acceptors (Lipinski definition) is 1. The summed E-state index contributed by atoms with van der Waals surface area (Å²) < 4.78 is 10.7. The molecule has 0 unspecified atom stereocenters. The summed E-state index contributed by atoms with van der Waals surface area (Å²) in [6, 6.07) is 55.4. The highest BCUT2D eigenvalue weighted by molar-refractivity contribution is 7.98. The van der Waals surface area contributed by atoms with E-state index in [1.54, 1.807) is 0 Å². The van der Waals surface area contributed by atoms with Gasteiger partial charge in [-0.3, -0.25) is 17.9 Å². The number of nitrogens with zero attached hydrogens (tertiary/aromatic N) is 4. The number of rotatable bonds is 1. The van der Waals surface area contributed by atoms with E-state index >= 15 is 0 Å². The molecule has 0 spiro atoms. The van der Waals surface area contributed by atoms with Crippen molar-refractivity contribution >= 4 is 133 Å². The maximum atomic E-state index is 2.68. The van der Waals surface area contributed by atoms with Crippen LogP contribution in [0, 0.1) is 0 Å². The first-order chi connectivity index (χ1) is 28.3. The van der Waals surface area contributed by atoms with Gasteiger partial charge < -0.3 is 0 Å². The van der Waals surface area contributed by atoms with Crippen molar-refractivity contribution in [2.75, 3.05) is 6.26 Å². The molecule has 4 nitrogen and oxygen atoms in total. The molecular weight excluding hydrogens is 711 g/mol. The minimum absolute atomic E-state index is 0.0550. The van der Waals surface area contributed by atoms with Gasteiger partial charge in [0.2, 0.25) is 0 Å². The molecule has 7 heterocycles. The first-order valence-corrected chi connectivity index (χ1v) is 21.1. The predicted molar refractivity (Wildman–Crippen MR) is 242 cm³/mol. The summed E-state index contributed by atoms with van der Waals surface area (Å²) in [7, 11) is 0. The van der Waals surface area contributed by atoms with Gasteiger partial charge in [0, 0.05) is 48.6 Å². The molecule has 13 aromatic rings. The van der Waals surface area contributed by atoms with Crippen molar-refractivity contribution in [1.29, 1.82) is 0 Å². The van der Waals surface area contributed by atoms with Gasteiger partial charge >= 0.3 is 0 Å². The standard InChI is InChI=1S/C51H27BN4S/c1-57-26-24-39-43-40(25-26)56-49-36-19-9-5-15-30(36)28-13-3-7-17-34(28)47(49)54-38-23-11-21-32-31-20-10-22-37-41(31)44(52(43)45(42(32)38)51(54)56)50-53(37)46-33-16-6-2-12-27(33)29-14-4-8-18-35(29)48(46)55(39)50/h2-25H,1H3. The van der Waals surface area contributed by atoms with Gasteiger partial charge in [0.15, 0.2) is 0 Å². The molecule has 0 N–H and O–H groups in total. The molecule has 16 rings (SSSR count). The van der Waals surface area contributed by atoms with Crippen molar-refractivity contribution in [3.05, 3.63) is 146 Å². The van der Waals surface area contributed by atoms with E-state index < -0.39 is 0 Å². The van der Waals surface area contributed by atoms with Gasteiger partial charge in [-0.1, -0.05) is 121 Å². The van der Waals surface area contributed by atoms with Crippen molar-refractivity contribution in [1.82, 2.24) is 17.9 Å². The summed E-state index contributed by atoms with van der Waals surface area (Å²) in [6.45, 7) is 0.0550. The van der Waals surface area contributed by atoms with Crippen LogP contribution in [-0.2, 0) is 0 Å². The van der Waals surface area contributed by atoms with E-state index in [4.69, 9.17) is 0 Å². The quantitative estimate of drug-likeness (QED) is 0.0932. The summed E-state index contributed by atoms with van der Waals surface area (Å²) >= 11 is 1.84. The van der Waals surface area contributed by atoms with E-state index in [1.807, 2.05) is 11.8 Å². The monoisotopic (exact) mass is 738 g/mol. The molecule has 4 aromatic heterocycles. The normalized spacial score (nSPS) is 13.7. The highest BCUT2D eigenvalue weighted by Crippen LogP contribution is 2.49. The number of imidazole rings is 2. The average molecular weight is 739 g/mol. The Bertz CT molecular complexity index is 3890. The maximum Gasteiger partial charge on any atom is 0.258 e. The Morgan fingerprint density at radius 2 is 0.789 bits per heavy atom. The van der Waals surface area contributed by atoms with Crippen LogP contribution in [0.25, 0.3) is 121 Å². The molecule has 6 heteroatoms. The van der Waals surface area contributed by atoms with E-state index in [1.165, 1.54) is 142 Å². The summed E-state index contributed by atoms with van der Waals surface area (Å²) in [5.41, 5.74) is 19.9. The van der Waals surface area contributed by atoms with Gasteiger partial charge in [-0.25, -0.2) is 0 Å². The van der Waals surface area contributed by atoms with Gasteiger partial charge in [0.05, 0.1) is 33.1 Å². The molecule has 9 aromatic carbocycles. The highest BCUT2D eigenvalue weighted by Gasteiger charge is 2.48. The van der Waals surface area contributed by atoms with E-state index in [0.29, 0.717) is 0 Å². The molecule has 0 fully saturated rings. The van der Waals surface area contributed by atoms with Gasteiger partial charge in [-0.15, -0.1) is 11.8 Å². The van der Waals surface area contributed by atoms with Crippen molar-refractivity contribution in [2.24, 2.45) is 0 Å². The Kier molecular flexibility index (Phi) is 4.61. The fraction of sp³-hybridized carbons (Fsp3) is 0.0196. The molecule has 0 amide bonds. The fourth-order valence-corrected chi connectivity index (χ4v) is 12.7. The Balaban J connectivity index is 1.28. The van der Waals surface area contributed by atoms with E-state index in [2.05, 4.69) is 170 Å². The third kappa shape index (κ3) is 2.86. The lowest BCUT2D eigenvalue weighted by molar-refractivity contribution is 1.10. The predicted octanol–water partition coefficient (Wildman–Crippen LogP) is 10.8. The second kappa shape index (κ2) is 9.21. The summed E-state index contributed by atoms with van der Waals surface area (Å²) in [5, 5.41) is 13.1. The van der Waals surface area contributed by atoms with Gasteiger partial charge in [0.1, 0.15) is 11.3 Å². The maximum absolute atomic E-state index is 2.68. The highest BCUT2D eigenvalue weighted by atomic mass is 32.2. The van der Waals surface area contributed by atoms with Crippen LogP contribution in [0.3, 0.4) is 0 Å². The Morgan fingerprint density at radius 3 is 1.19 bits per heavy atom. The van der Waals surface area contributed by atoms with Crippen LogP contribution >= 0.6 is 11.8 Å². The van der Waals surface area contributed by atoms with Crippen LogP contribution < -0.4 is 16.4 Å². The zero-order valence-electron chi connectivity index (χ0n) is 30.6. The van der Waals surface area contributed by atoms with Crippen molar-refractivity contribution in [2.45, 2.75) is 4.90 Å². The summed E-state index contributed by atoms with van der Waals surface area (Å²) in [5.74, 6) is 0. The second-order valence-electron chi connectivity index (χ2n) is 16.3. The molecule has 0 radical (unpaired) electrons. The topological polar surface area (TPSA) is 18.7 Å². The second-order valence-corrected chi connectivity index (χ2v) is 17.2. The molecule has 0 saturated heterocycles. The Labute approximate surface area is 328 Å². The Morgan fingerprint density at radius 1 is 0.404 bits per heavy atom. The molecular formula is C51H27BN4S. The molecule has 3 aliphatic heterocycles. The molecule has 0 bridgehead atoms. The average Bonchev–Trinajstić information content (AvgIpc) is 3.99. The number of benzene rings is 9. The van der Waals surface area contributed by atoms with Crippen LogP contribution in [0.4, 0.5) is 0 Å². The third-order valence-electron chi connectivity index (χ3n) is 14.1. The van der Waals surface area contributed by atoms with Crippen molar-refractivity contribution in [3.63, 3.8) is 0 Å². The van der Waals surface area contributed by atoms with E-state index in [9.17, 15) is 0 Å². The lowest BCUT2D eigenvalue weighted by Crippen LogP contribution is -2.59. The molecule has 0 atom stereocenters. The third-order valence-corrected chi connectivity index (χ3v) is 14.8. The van der Waals surface area contributed by atoms with Crippen LogP contribution in [0.1, 0.15) is 0 Å². The van der Waals surface area contributed by atoms with E-state index in [-0.39, 0.29) is 6.71 Å². The van der Waals surface area contributed by atoms with Gasteiger partial charge in [0.25, 0.3) is 6.71 Å². The first kappa shape index (κ1) is 28.5. The van der Waals surface area contributed by atoms with Crippen LogP contribution in [0.2, 0.25) is 0 Å².